The third kappa shape index (κ3) is 3.46. The van der Waals surface area contributed by atoms with Crippen molar-refractivity contribution in [3.8, 4) is 28.7 Å². The van der Waals surface area contributed by atoms with E-state index in [-0.39, 0.29) is 43.5 Å². The summed E-state index contributed by atoms with van der Waals surface area (Å²) in [4.78, 5) is 24.5. The van der Waals surface area contributed by atoms with Gasteiger partial charge in [0.1, 0.15) is 0 Å². The molecular weight excluding hydrogens is 444 g/mol. The summed E-state index contributed by atoms with van der Waals surface area (Å²) in [5, 5.41) is 9.35. The van der Waals surface area contributed by atoms with Gasteiger partial charge in [0, 0.05) is 18.3 Å². The average Bonchev–Trinajstić information content (AvgIpc) is 3.45. The van der Waals surface area contributed by atoms with Gasteiger partial charge in [0.2, 0.25) is 12.5 Å². The summed E-state index contributed by atoms with van der Waals surface area (Å²) in [7, 11) is 4.62. The lowest BCUT2D eigenvalue weighted by Crippen LogP contribution is -2.35. The maximum Gasteiger partial charge on any atom is 0.310 e. The number of aliphatic carboxylic acids is 1. The highest BCUT2D eigenvalue weighted by Crippen LogP contribution is 2.57. The quantitative estimate of drug-likeness (QED) is 0.609. The molecule has 2 aliphatic heterocycles. The van der Waals surface area contributed by atoms with Gasteiger partial charge in [-0.25, -0.2) is 0 Å². The molecule has 9 nitrogen and oxygen atoms in total. The molecule has 0 radical (unpaired) electrons. The van der Waals surface area contributed by atoms with E-state index < -0.39 is 11.9 Å². The van der Waals surface area contributed by atoms with E-state index in [9.17, 15) is 14.7 Å². The molecule has 1 aliphatic carbocycles. The summed E-state index contributed by atoms with van der Waals surface area (Å²) in [6, 6.07) is 7.52. The van der Waals surface area contributed by atoms with Crippen molar-refractivity contribution in [3.05, 3.63) is 41.0 Å². The molecule has 4 atom stereocenters. The Morgan fingerprint density at radius 1 is 0.971 bits per heavy atom. The lowest BCUT2D eigenvalue weighted by Gasteiger charge is -2.39. The van der Waals surface area contributed by atoms with Crippen molar-refractivity contribution in [1.29, 1.82) is 0 Å². The zero-order chi connectivity index (χ0) is 24.0. The van der Waals surface area contributed by atoms with Crippen LogP contribution < -0.4 is 23.7 Å². The molecule has 3 aliphatic rings. The SMILES string of the molecule is COc1cc([C@@H]2c3cc4c(cc3[C@H](CCC(=O)O)[C@H]3COC(=O)[C@@H]23)OCO4)cc(OC)c1OC. The van der Waals surface area contributed by atoms with E-state index in [4.69, 9.17) is 28.4 Å². The summed E-state index contributed by atoms with van der Waals surface area (Å²) in [5.41, 5.74) is 2.64. The van der Waals surface area contributed by atoms with Gasteiger partial charge in [-0.2, -0.15) is 0 Å². The van der Waals surface area contributed by atoms with Gasteiger partial charge >= 0.3 is 11.9 Å². The number of fused-ring (bicyclic) bond motifs is 3. The molecule has 0 unspecified atom stereocenters. The number of methoxy groups -OCH3 is 3. The summed E-state index contributed by atoms with van der Waals surface area (Å²) in [6.07, 6.45) is 0.382. The first-order chi connectivity index (χ1) is 16.5. The van der Waals surface area contributed by atoms with Crippen LogP contribution in [0.3, 0.4) is 0 Å². The van der Waals surface area contributed by atoms with Crippen molar-refractivity contribution in [3.63, 3.8) is 0 Å². The molecule has 5 rings (SSSR count). The molecule has 0 bridgehead atoms. The van der Waals surface area contributed by atoms with Crippen LogP contribution in [0.5, 0.6) is 28.7 Å². The monoisotopic (exact) mass is 470 g/mol. The molecule has 0 saturated carbocycles. The minimum Gasteiger partial charge on any atom is -0.493 e. The van der Waals surface area contributed by atoms with Crippen LogP contribution in [-0.4, -0.2) is 51.8 Å². The van der Waals surface area contributed by atoms with E-state index in [1.54, 1.807) is 14.2 Å². The van der Waals surface area contributed by atoms with E-state index in [2.05, 4.69) is 0 Å². The van der Waals surface area contributed by atoms with Crippen LogP contribution in [0.2, 0.25) is 0 Å². The molecule has 1 saturated heterocycles. The van der Waals surface area contributed by atoms with Crippen molar-refractivity contribution < 1.29 is 43.1 Å². The lowest BCUT2D eigenvalue weighted by atomic mass is 9.62. The number of carbonyl (C=O) groups excluding carboxylic acids is 1. The number of carboxylic acid groups (broad SMARTS) is 1. The molecule has 2 heterocycles. The van der Waals surface area contributed by atoms with Gasteiger partial charge in [0.05, 0.1) is 33.9 Å². The number of cyclic esters (lactones) is 1. The van der Waals surface area contributed by atoms with Gasteiger partial charge in [0.15, 0.2) is 23.0 Å². The van der Waals surface area contributed by atoms with E-state index in [1.807, 2.05) is 24.3 Å². The summed E-state index contributed by atoms with van der Waals surface area (Å²) < 4.78 is 33.4. The second-order valence-electron chi connectivity index (χ2n) is 8.63. The van der Waals surface area contributed by atoms with E-state index >= 15 is 0 Å². The van der Waals surface area contributed by atoms with Gasteiger partial charge in [0.25, 0.3) is 0 Å². The van der Waals surface area contributed by atoms with Crippen LogP contribution in [0.4, 0.5) is 0 Å². The summed E-state index contributed by atoms with van der Waals surface area (Å²) >= 11 is 0. The smallest absolute Gasteiger partial charge is 0.310 e. The first-order valence-electron chi connectivity index (χ1n) is 11.1. The molecule has 1 N–H and O–H groups in total. The first-order valence-corrected chi connectivity index (χ1v) is 11.1. The van der Waals surface area contributed by atoms with Gasteiger partial charge < -0.3 is 33.5 Å². The van der Waals surface area contributed by atoms with Crippen molar-refractivity contribution >= 4 is 11.9 Å². The molecule has 2 aromatic rings. The Labute approximate surface area is 196 Å². The van der Waals surface area contributed by atoms with Crippen LogP contribution in [0.25, 0.3) is 0 Å². The molecule has 0 spiro atoms. The number of carboxylic acids is 1. The Morgan fingerprint density at radius 2 is 1.62 bits per heavy atom. The largest absolute Gasteiger partial charge is 0.493 e. The fourth-order valence-electron chi connectivity index (χ4n) is 5.61. The number of hydrogen-bond acceptors (Lipinski definition) is 8. The number of rotatable bonds is 7. The normalized spacial score (nSPS) is 24.1. The van der Waals surface area contributed by atoms with Crippen LogP contribution in [-0.2, 0) is 14.3 Å². The Balaban J connectivity index is 1.72. The highest BCUT2D eigenvalue weighted by atomic mass is 16.7. The van der Waals surface area contributed by atoms with Crippen LogP contribution in [0.1, 0.15) is 41.4 Å². The summed E-state index contributed by atoms with van der Waals surface area (Å²) in [5.74, 6) is 0.242. The highest BCUT2D eigenvalue weighted by molar-refractivity contribution is 5.79. The Morgan fingerprint density at radius 3 is 2.21 bits per heavy atom. The Kier molecular flexibility index (Phi) is 5.63. The van der Waals surface area contributed by atoms with Gasteiger partial charge in [-0.1, -0.05) is 0 Å². The van der Waals surface area contributed by atoms with Gasteiger partial charge in [-0.3, -0.25) is 9.59 Å². The standard InChI is InChI=1S/C25H26O9/c1-29-19-6-12(7-20(30-2)24(19)31-3)22-15-9-18-17(33-11-34-18)8-14(15)13(4-5-21(26)27)16-10-32-25(28)23(16)22/h6-9,13,16,22-23H,4-5,10-11H2,1-3H3,(H,26,27)/t13-,16+,22+,23+/m0/s1. The number of carbonyl (C=O) groups is 2. The topological polar surface area (TPSA) is 110 Å². The van der Waals surface area contributed by atoms with Crippen LogP contribution in [0.15, 0.2) is 24.3 Å². The van der Waals surface area contributed by atoms with Crippen molar-refractivity contribution in [2.45, 2.75) is 24.7 Å². The minimum absolute atomic E-state index is 0.00912. The predicted octanol–water partition coefficient (Wildman–Crippen LogP) is 3.32. The predicted molar refractivity (Wildman–Crippen MR) is 118 cm³/mol. The second kappa shape index (κ2) is 8.62. The minimum atomic E-state index is -0.879. The molecule has 180 valence electrons. The first kappa shape index (κ1) is 22.2. The number of hydrogen-bond donors (Lipinski definition) is 1. The van der Waals surface area contributed by atoms with E-state index in [0.29, 0.717) is 35.2 Å². The fourth-order valence-corrected chi connectivity index (χ4v) is 5.61. The highest BCUT2D eigenvalue weighted by Gasteiger charge is 2.52. The summed E-state index contributed by atoms with van der Waals surface area (Å²) in [6.45, 7) is 0.352. The second-order valence-corrected chi connectivity index (χ2v) is 8.63. The van der Waals surface area contributed by atoms with E-state index in [1.165, 1.54) is 7.11 Å². The fraction of sp³-hybridized carbons (Fsp3) is 0.440. The number of ether oxygens (including phenoxy) is 6. The number of benzene rings is 2. The molecule has 34 heavy (non-hydrogen) atoms. The molecule has 2 aromatic carbocycles. The molecule has 0 amide bonds. The van der Waals surface area contributed by atoms with Gasteiger partial charge in [-0.15, -0.1) is 0 Å². The maximum atomic E-state index is 13.1. The molecule has 1 fully saturated rings. The zero-order valence-electron chi connectivity index (χ0n) is 19.2. The van der Waals surface area contributed by atoms with Crippen molar-refractivity contribution in [2.75, 3.05) is 34.7 Å². The maximum absolute atomic E-state index is 13.1. The van der Waals surface area contributed by atoms with Gasteiger partial charge in [-0.05, 0) is 53.3 Å². The lowest BCUT2D eigenvalue weighted by molar-refractivity contribution is -0.141. The Hall–Kier alpha value is -3.62. The third-order valence-electron chi connectivity index (χ3n) is 7.06. The van der Waals surface area contributed by atoms with Crippen molar-refractivity contribution in [2.24, 2.45) is 11.8 Å². The molecular formula is C25H26O9. The molecule has 0 aromatic heterocycles. The average molecular weight is 470 g/mol. The van der Waals surface area contributed by atoms with E-state index in [0.717, 1.165) is 16.7 Å². The van der Waals surface area contributed by atoms with Crippen LogP contribution >= 0.6 is 0 Å². The van der Waals surface area contributed by atoms with Crippen molar-refractivity contribution in [1.82, 2.24) is 0 Å². The Bertz CT molecular complexity index is 1120. The third-order valence-corrected chi connectivity index (χ3v) is 7.06. The number of esters is 1. The van der Waals surface area contributed by atoms with Crippen LogP contribution in [0, 0.1) is 11.8 Å². The molecule has 9 heteroatoms. The zero-order valence-corrected chi connectivity index (χ0v) is 19.2.